The maximum Gasteiger partial charge on any atom is 0.104 e. The van der Waals surface area contributed by atoms with Gasteiger partial charge in [0, 0.05) is 5.56 Å². The SMILES string of the molecule is C=CC[N+](C)(CCCCC)Cc1ccccc1.[Cl-]. The second kappa shape index (κ2) is 9.18. The van der Waals surface area contributed by atoms with Gasteiger partial charge < -0.3 is 16.9 Å². The lowest BCUT2D eigenvalue weighted by atomic mass is 10.1. The van der Waals surface area contributed by atoms with E-state index in [9.17, 15) is 0 Å². The fraction of sp³-hybridized carbons (Fsp3) is 0.500. The van der Waals surface area contributed by atoms with Gasteiger partial charge in [0.1, 0.15) is 6.54 Å². The van der Waals surface area contributed by atoms with Crippen molar-refractivity contribution in [1.29, 1.82) is 0 Å². The zero-order valence-electron chi connectivity index (χ0n) is 11.7. The Morgan fingerprint density at radius 1 is 1.17 bits per heavy atom. The highest BCUT2D eigenvalue weighted by Crippen LogP contribution is 2.14. The Bertz CT molecular complexity index is 323. The number of unbranched alkanes of at least 4 members (excludes halogenated alkanes) is 2. The lowest BCUT2D eigenvalue weighted by molar-refractivity contribution is -0.917. The smallest absolute Gasteiger partial charge is 0.104 e. The number of benzene rings is 1. The predicted octanol–water partition coefficient (Wildman–Crippen LogP) is 1.01. The minimum atomic E-state index is 0. The van der Waals surface area contributed by atoms with Crippen molar-refractivity contribution in [2.75, 3.05) is 20.1 Å². The van der Waals surface area contributed by atoms with Crippen LogP contribution in [0.4, 0.5) is 0 Å². The summed E-state index contributed by atoms with van der Waals surface area (Å²) in [6.45, 7) is 9.57. The third-order valence-electron chi connectivity index (χ3n) is 3.28. The van der Waals surface area contributed by atoms with E-state index >= 15 is 0 Å². The van der Waals surface area contributed by atoms with E-state index in [0.717, 1.165) is 17.6 Å². The van der Waals surface area contributed by atoms with Crippen LogP contribution in [0.25, 0.3) is 0 Å². The fourth-order valence-corrected chi connectivity index (χ4v) is 2.31. The van der Waals surface area contributed by atoms with E-state index in [4.69, 9.17) is 0 Å². The van der Waals surface area contributed by atoms with Crippen molar-refractivity contribution in [1.82, 2.24) is 0 Å². The van der Waals surface area contributed by atoms with Gasteiger partial charge in [0.25, 0.3) is 0 Å². The molecule has 0 aliphatic carbocycles. The van der Waals surface area contributed by atoms with E-state index in [-0.39, 0.29) is 12.4 Å². The largest absolute Gasteiger partial charge is 1.00 e. The second-order valence-electron chi connectivity index (χ2n) is 5.17. The van der Waals surface area contributed by atoms with Crippen LogP contribution in [0, 0.1) is 0 Å². The standard InChI is InChI=1S/C16H26N.ClH/c1-4-6-10-14-17(3,13-5-2)15-16-11-8-7-9-12-16;/h5,7-9,11-12H,2,4,6,10,13-15H2,1,3H3;1H/q+1;/p-1. The molecule has 1 atom stereocenters. The van der Waals surface area contributed by atoms with E-state index in [1.807, 2.05) is 0 Å². The van der Waals surface area contributed by atoms with Crippen LogP contribution >= 0.6 is 0 Å². The molecule has 1 nitrogen and oxygen atoms in total. The first-order valence-corrected chi connectivity index (χ1v) is 6.68. The summed E-state index contributed by atoms with van der Waals surface area (Å²) in [5.74, 6) is 0. The van der Waals surface area contributed by atoms with Crippen molar-refractivity contribution >= 4 is 0 Å². The lowest BCUT2D eigenvalue weighted by Crippen LogP contribution is -3.00. The Labute approximate surface area is 119 Å². The normalized spacial score (nSPS) is 13.4. The van der Waals surface area contributed by atoms with E-state index in [0.29, 0.717) is 0 Å². The molecule has 0 aliphatic rings. The van der Waals surface area contributed by atoms with Gasteiger partial charge in [0.05, 0.1) is 20.1 Å². The van der Waals surface area contributed by atoms with E-state index in [2.05, 4.69) is 57.0 Å². The molecule has 0 saturated heterocycles. The number of nitrogens with zero attached hydrogens (tertiary/aromatic N) is 1. The minimum absolute atomic E-state index is 0. The van der Waals surface area contributed by atoms with Crippen LogP contribution in [0.1, 0.15) is 31.7 Å². The number of rotatable bonds is 8. The van der Waals surface area contributed by atoms with Crippen molar-refractivity contribution < 1.29 is 16.9 Å². The Morgan fingerprint density at radius 3 is 2.39 bits per heavy atom. The minimum Gasteiger partial charge on any atom is -1.00 e. The summed E-state index contributed by atoms with van der Waals surface area (Å²) in [5.41, 5.74) is 1.42. The van der Waals surface area contributed by atoms with Crippen molar-refractivity contribution in [3.8, 4) is 0 Å². The molecular weight excluding hydrogens is 242 g/mol. The third kappa shape index (κ3) is 6.23. The van der Waals surface area contributed by atoms with Gasteiger partial charge in [-0.25, -0.2) is 0 Å². The van der Waals surface area contributed by atoms with Crippen LogP contribution < -0.4 is 12.4 Å². The molecule has 0 amide bonds. The molecule has 0 saturated carbocycles. The van der Waals surface area contributed by atoms with Gasteiger partial charge in [0.2, 0.25) is 0 Å². The molecule has 0 heterocycles. The van der Waals surface area contributed by atoms with Gasteiger partial charge in [0.15, 0.2) is 0 Å². The Hall–Kier alpha value is -0.790. The molecule has 18 heavy (non-hydrogen) atoms. The highest BCUT2D eigenvalue weighted by atomic mass is 35.5. The summed E-state index contributed by atoms with van der Waals surface area (Å²) >= 11 is 0. The van der Waals surface area contributed by atoms with Gasteiger partial charge in [-0.15, -0.1) is 0 Å². The molecule has 1 rings (SSSR count). The molecule has 1 unspecified atom stereocenters. The lowest BCUT2D eigenvalue weighted by Gasteiger charge is -2.33. The van der Waals surface area contributed by atoms with E-state index < -0.39 is 0 Å². The highest BCUT2D eigenvalue weighted by molar-refractivity contribution is 5.13. The first kappa shape index (κ1) is 17.2. The van der Waals surface area contributed by atoms with E-state index in [1.165, 1.54) is 31.4 Å². The van der Waals surface area contributed by atoms with Gasteiger partial charge in [-0.2, -0.15) is 0 Å². The molecule has 102 valence electrons. The maximum atomic E-state index is 3.90. The topological polar surface area (TPSA) is 0 Å². The first-order valence-electron chi connectivity index (χ1n) is 6.68. The number of halogens is 1. The van der Waals surface area contributed by atoms with Crippen LogP contribution in [0.3, 0.4) is 0 Å². The Balaban J connectivity index is 0.00000289. The van der Waals surface area contributed by atoms with Crippen LogP contribution in [0.15, 0.2) is 43.0 Å². The van der Waals surface area contributed by atoms with Gasteiger partial charge in [-0.1, -0.05) is 50.3 Å². The van der Waals surface area contributed by atoms with Gasteiger partial charge in [-0.3, -0.25) is 0 Å². The zero-order chi connectivity index (χ0) is 12.6. The van der Waals surface area contributed by atoms with Crippen molar-refractivity contribution in [2.24, 2.45) is 0 Å². The molecule has 0 fully saturated rings. The molecule has 0 radical (unpaired) electrons. The predicted molar refractivity (Wildman–Crippen MR) is 75.8 cm³/mol. The summed E-state index contributed by atoms with van der Waals surface area (Å²) in [6, 6.07) is 10.8. The van der Waals surface area contributed by atoms with Crippen molar-refractivity contribution in [2.45, 2.75) is 32.7 Å². The van der Waals surface area contributed by atoms with Crippen LogP contribution in [-0.2, 0) is 6.54 Å². The summed E-state index contributed by atoms with van der Waals surface area (Å²) in [7, 11) is 2.34. The average molecular weight is 268 g/mol. The monoisotopic (exact) mass is 267 g/mol. The number of hydrogen-bond acceptors (Lipinski definition) is 0. The molecular formula is C16H26ClN. The zero-order valence-corrected chi connectivity index (χ0v) is 12.5. The van der Waals surface area contributed by atoms with Crippen LogP contribution in [0.2, 0.25) is 0 Å². The fourth-order valence-electron chi connectivity index (χ4n) is 2.31. The van der Waals surface area contributed by atoms with Crippen LogP contribution in [-0.4, -0.2) is 24.6 Å². The molecule has 1 aromatic carbocycles. The Morgan fingerprint density at radius 2 is 1.83 bits per heavy atom. The third-order valence-corrected chi connectivity index (χ3v) is 3.28. The number of hydrogen-bond donors (Lipinski definition) is 0. The van der Waals surface area contributed by atoms with Gasteiger partial charge in [-0.05, 0) is 18.9 Å². The number of quaternary nitrogens is 1. The Kier molecular flexibility index (Phi) is 8.78. The maximum absolute atomic E-state index is 3.90. The summed E-state index contributed by atoms with van der Waals surface area (Å²) < 4.78 is 1.08. The van der Waals surface area contributed by atoms with E-state index in [1.54, 1.807) is 0 Å². The van der Waals surface area contributed by atoms with Crippen molar-refractivity contribution in [3.05, 3.63) is 48.6 Å². The van der Waals surface area contributed by atoms with Crippen LogP contribution in [0.5, 0.6) is 0 Å². The second-order valence-corrected chi connectivity index (χ2v) is 5.17. The molecule has 1 aromatic rings. The highest BCUT2D eigenvalue weighted by Gasteiger charge is 2.19. The summed E-state index contributed by atoms with van der Waals surface area (Å²) in [5, 5.41) is 0. The number of likely N-dealkylation sites (N-methyl/N-ethyl adjacent to an activating group) is 1. The first-order chi connectivity index (χ1) is 8.20. The molecule has 0 bridgehead atoms. The average Bonchev–Trinajstić information content (AvgIpc) is 2.31. The molecule has 0 aliphatic heterocycles. The summed E-state index contributed by atoms with van der Waals surface area (Å²) in [6.07, 6.45) is 5.99. The molecule has 0 spiro atoms. The van der Waals surface area contributed by atoms with Gasteiger partial charge >= 0.3 is 0 Å². The molecule has 0 N–H and O–H groups in total. The quantitative estimate of drug-likeness (QED) is 0.375. The molecule has 2 heteroatoms. The van der Waals surface area contributed by atoms with Crippen molar-refractivity contribution in [3.63, 3.8) is 0 Å². The summed E-state index contributed by atoms with van der Waals surface area (Å²) in [4.78, 5) is 0. The molecule has 0 aromatic heterocycles.